The lowest BCUT2D eigenvalue weighted by molar-refractivity contribution is -0.140. The van der Waals surface area contributed by atoms with E-state index < -0.39 is 17.6 Å². The fourth-order valence-corrected chi connectivity index (χ4v) is 2.05. The molecular formula is C15H12ClF4N. The Kier molecular flexibility index (Phi) is 4.42. The Morgan fingerprint density at radius 1 is 1.10 bits per heavy atom. The van der Waals surface area contributed by atoms with Crippen LogP contribution in [0.4, 0.5) is 23.2 Å². The second-order valence-corrected chi connectivity index (χ2v) is 5.06. The lowest BCUT2D eigenvalue weighted by Gasteiger charge is -2.13. The molecule has 0 aliphatic heterocycles. The van der Waals surface area contributed by atoms with E-state index in [2.05, 4.69) is 5.32 Å². The fourth-order valence-electron chi connectivity index (χ4n) is 1.88. The average molecular weight is 318 g/mol. The molecule has 0 radical (unpaired) electrons. The van der Waals surface area contributed by atoms with Gasteiger partial charge in [0.1, 0.15) is 5.82 Å². The highest BCUT2D eigenvalue weighted by molar-refractivity contribution is 6.30. The summed E-state index contributed by atoms with van der Waals surface area (Å²) in [5, 5.41) is 3.52. The van der Waals surface area contributed by atoms with E-state index in [1.807, 2.05) is 6.92 Å². The van der Waals surface area contributed by atoms with Crippen molar-refractivity contribution in [1.29, 1.82) is 0 Å². The summed E-state index contributed by atoms with van der Waals surface area (Å²) in [5.74, 6) is -1.27. The molecule has 0 aliphatic rings. The Bertz CT molecular complexity index is 653. The molecule has 0 heterocycles. The number of rotatable bonds is 3. The summed E-state index contributed by atoms with van der Waals surface area (Å²) >= 11 is 5.87. The summed E-state index contributed by atoms with van der Waals surface area (Å²) in [7, 11) is 0. The van der Waals surface area contributed by atoms with E-state index in [0.717, 1.165) is 23.4 Å². The molecule has 0 saturated carbocycles. The van der Waals surface area contributed by atoms with Crippen LogP contribution in [0, 0.1) is 12.7 Å². The van der Waals surface area contributed by atoms with Crippen molar-refractivity contribution in [2.24, 2.45) is 0 Å². The highest BCUT2D eigenvalue weighted by Crippen LogP contribution is 2.32. The van der Waals surface area contributed by atoms with Crippen LogP contribution in [0.2, 0.25) is 5.02 Å². The van der Waals surface area contributed by atoms with Crippen LogP contribution < -0.4 is 5.32 Å². The molecule has 2 rings (SSSR count). The van der Waals surface area contributed by atoms with Gasteiger partial charge in [0, 0.05) is 17.3 Å². The van der Waals surface area contributed by atoms with Crippen molar-refractivity contribution in [1.82, 2.24) is 0 Å². The van der Waals surface area contributed by atoms with E-state index in [9.17, 15) is 17.6 Å². The molecule has 0 aliphatic carbocycles. The summed E-state index contributed by atoms with van der Waals surface area (Å²) in [6, 6.07) is 8.16. The van der Waals surface area contributed by atoms with Crippen molar-refractivity contribution in [3.05, 3.63) is 63.9 Å². The van der Waals surface area contributed by atoms with Gasteiger partial charge in [0.05, 0.1) is 5.56 Å². The molecular weight excluding hydrogens is 306 g/mol. The van der Waals surface area contributed by atoms with Crippen molar-refractivity contribution >= 4 is 17.3 Å². The van der Waals surface area contributed by atoms with Gasteiger partial charge in [0.2, 0.25) is 0 Å². The number of hydrogen-bond acceptors (Lipinski definition) is 1. The minimum atomic E-state index is -4.70. The number of hydrogen-bond donors (Lipinski definition) is 1. The van der Waals surface area contributed by atoms with Crippen molar-refractivity contribution in [2.75, 3.05) is 5.32 Å². The summed E-state index contributed by atoms with van der Waals surface area (Å²) in [5.41, 5.74) is 0.714. The highest BCUT2D eigenvalue weighted by atomic mass is 35.5. The van der Waals surface area contributed by atoms with Crippen molar-refractivity contribution in [3.8, 4) is 0 Å². The van der Waals surface area contributed by atoms with Crippen LogP contribution in [-0.2, 0) is 12.7 Å². The van der Waals surface area contributed by atoms with E-state index >= 15 is 0 Å². The van der Waals surface area contributed by atoms with Crippen LogP contribution in [0.25, 0.3) is 0 Å². The van der Waals surface area contributed by atoms with Gasteiger partial charge >= 0.3 is 6.18 Å². The van der Waals surface area contributed by atoms with Crippen LogP contribution in [-0.4, -0.2) is 0 Å². The summed E-state index contributed by atoms with van der Waals surface area (Å²) < 4.78 is 51.1. The van der Waals surface area contributed by atoms with Gasteiger partial charge in [-0.25, -0.2) is 4.39 Å². The zero-order chi connectivity index (χ0) is 15.6. The topological polar surface area (TPSA) is 12.0 Å². The van der Waals surface area contributed by atoms with E-state index in [1.54, 1.807) is 18.2 Å². The number of anilines is 1. The van der Waals surface area contributed by atoms with Crippen LogP contribution in [0.3, 0.4) is 0 Å². The van der Waals surface area contributed by atoms with Gasteiger partial charge in [0.25, 0.3) is 0 Å². The zero-order valence-corrected chi connectivity index (χ0v) is 11.8. The van der Waals surface area contributed by atoms with E-state index in [1.165, 1.54) is 6.07 Å². The van der Waals surface area contributed by atoms with E-state index in [-0.39, 0.29) is 6.54 Å². The summed E-state index contributed by atoms with van der Waals surface area (Å²) in [6.07, 6.45) is -4.70. The maximum absolute atomic E-state index is 13.2. The maximum atomic E-state index is 13.2. The molecule has 0 fully saturated rings. The number of benzene rings is 2. The monoisotopic (exact) mass is 317 g/mol. The van der Waals surface area contributed by atoms with Crippen LogP contribution in [0.15, 0.2) is 36.4 Å². The molecule has 6 heteroatoms. The van der Waals surface area contributed by atoms with Crippen LogP contribution in [0.1, 0.15) is 16.7 Å². The number of aryl methyl sites for hydroxylation is 1. The molecule has 0 amide bonds. The van der Waals surface area contributed by atoms with Crippen LogP contribution >= 0.6 is 11.6 Å². The molecule has 0 atom stereocenters. The third-order valence-electron chi connectivity index (χ3n) is 3.02. The van der Waals surface area contributed by atoms with Crippen molar-refractivity contribution in [2.45, 2.75) is 19.6 Å². The number of halogens is 5. The first-order valence-corrected chi connectivity index (χ1v) is 6.51. The molecule has 21 heavy (non-hydrogen) atoms. The van der Waals surface area contributed by atoms with Gasteiger partial charge in [-0.2, -0.15) is 13.2 Å². The largest absolute Gasteiger partial charge is 0.419 e. The Hall–Kier alpha value is -1.75. The smallest absolute Gasteiger partial charge is 0.381 e. The molecule has 0 spiro atoms. The maximum Gasteiger partial charge on any atom is 0.419 e. The minimum absolute atomic E-state index is 0.143. The minimum Gasteiger partial charge on any atom is -0.381 e. The summed E-state index contributed by atoms with van der Waals surface area (Å²) in [6.45, 7) is 2.00. The SMILES string of the molecule is Cc1ccc(Cl)cc1NCc1ccc(F)c(C(F)(F)F)c1. The molecule has 0 bridgehead atoms. The molecule has 1 N–H and O–H groups in total. The molecule has 0 aromatic heterocycles. The Balaban J connectivity index is 2.19. The predicted octanol–water partition coefficient (Wildman–Crippen LogP) is 5.42. The third-order valence-corrected chi connectivity index (χ3v) is 3.25. The fraction of sp³-hybridized carbons (Fsp3) is 0.200. The Morgan fingerprint density at radius 3 is 2.48 bits per heavy atom. The normalized spacial score (nSPS) is 11.5. The number of alkyl halides is 3. The van der Waals surface area contributed by atoms with Crippen molar-refractivity contribution in [3.63, 3.8) is 0 Å². The molecule has 1 nitrogen and oxygen atoms in total. The van der Waals surface area contributed by atoms with E-state index in [4.69, 9.17) is 11.6 Å². The third kappa shape index (κ3) is 3.88. The van der Waals surface area contributed by atoms with Gasteiger partial charge in [-0.3, -0.25) is 0 Å². The molecule has 2 aromatic rings. The average Bonchev–Trinajstić information content (AvgIpc) is 2.40. The second kappa shape index (κ2) is 5.93. The Labute approximate surface area is 124 Å². The van der Waals surface area contributed by atoms with Crippen LogP contribution in [0.5, 0.6) is 0 Å². The predicted molar refractivity (Wildman–Crippen MR) is 74.9 cm³/mol. The van der Waals surface area contributed by atoms with E-state index in [0.29, 0.717) is 10.6 Å². The lowest BCUT2D eigenvalue weighted by Crippen LogP contribution is -2.10. The first-order valence-electron chi connectivity index (χ1n) is 6.13. The first-order chi connectivity index (χ1) is 9.77. The second-order valence-electron chi connectivity index (χ2n) is 4.62. The standard InChI is InChI=1S/C15H12ClF4N/c1-9-2-4-11(16)7-14(9)21-8-10-3-5-13(17)12(6-10)15(18,19)20/h2-7,21H,8H2,1H3. The quantitative estimate of drug-likeness (QED) is 0.745. The zero-order valence-electron chi connectivity index (χ0n) is 11.1. The van der Waals surface area contributed by atoms with Gasteiger partial charge in [-0.15, -0.1) is 0 Å². The lowest BCUT2D eigenvalue weighted by atomic mass is 10.1. The number of nitrogens with one attached hydrogen (secondary N) is 1. The summed E-state index contributed by atoms with van der Waals surface area (Å²) in [4.78, 5) is 0. The molecule has 0 unspecified atom stereocenters. The van der Waals surface area contributed by atoms with Gasteiger partial charge in [-0.1, -0.05) is 23.7 Å². The highest BCUT2D eigenvalue weighted by Gasteiger charge is 2.34. The van der Waals surface area contributed by atoms with Gasteiger partial charge in [-0.05, 0) is 42.3 Å². The molecule has 0 saturated heterocycles. The molecule has 112 valence electrons. The van der Waals surface area contributed by atoms with Gasteiger partial charge < -0.3 is 5.32 Å². The van der Waals surface area contributed by atoms with Crippen molar-refractivity contribution < 1.29 is 17.6 Å². The first kappa shape index (κ1) is 15.6. The molecule has 2 aromatic carbocycles. The Morgan fingerprint density at radius 2 is 1.81 bits per heavy atom. The van der Waals surface area contributed by atoms with Gasteiger partial charge in [0.15, 0.2) is 0 Å².